The van der Waals surface area contributed by atoms with E-state index in [1.54, 1.807) is 0 Å². The largest absolute Gasteiger partial charge is 0.472 e. The summed E-state index contributed by atoms with van der Waals surface area (Å²) >= 11 is 0. The van der Waals surface area contributed by atoms with E-state index in [-0.39, 0.29) is 13.0 Å². The quantitative estimate of drug-likeness (QED) is 0.0237. The summed E-state index contributed by atoms with van der Waals surface area (Å²) in [6, 6.07) is 0. The van der Waals surface area contributed by atoms with Crippen molar-refractivity contribution in [2.75, 3.05) is 33.0 Å². The van der Waals surface area contributed by atoms with Crippen LogP contribution in [0.25, 0.3) is 0 Å². The maximum absolute atomic E-state index is 12.6. The Morgan fingerprint density at radius 3 is 1.31 bits per heavy atom. The molecule has 3 atom stereocenters. The molecule has 0 rings (SSSR count). The van der Waals surface area contributed by atoms with E-state index in [0.717, 1.165) is 103 Å². The average Bonchev–Trinajstić information content (AvgIpc) is 3.26. The molecule has 0 fully saturated rings. The Kier molecular flexibility index (Phi) is 44.9. The number of unbranched alkanes of at least 4 members (excludes halogenated alkanes) is 9. The minimum atomic E-state index is -4.55. The lowest BCUT2D eigenvalue weighted by molar-refractivity contribution is -0.154. The Morgan fingerprint density at radius 2 is 0.871 bits per heavy atom. The molecule has 0 heterocycles. The number of phosphoric acid groups is 1. The van der Waals surface area contributed by atoms with E-state index in [1.807, 2.05) is 0 Å². The van der Waals surface area contributed by atoms with Crippen LogP contribution >= 0.6 is 7.82 Å². The van der Waals surface area contributed by atoms with Crippen LogP contribution in [0.4, 0.5) is 0 Å². The average molecular weight is 885 g/mol. The molecule has 0 aliphatic heterocycles. The van der Waals surface area contributed by atoms with Crippen LogP contribution in [0.1, 0.15) is 155 Å². The lowest BCUT2D eigenvalue weighted by Crippen LogP contribution is -2.29. The number of hydrogen-bond acceptors (Lipinski definition) is 8. The van der Waals surface area contributed by atoms with Crippen LogP contribution in [0.3, 0.4) is 0 Å². The van der Waals surface area contributed by atoms with Crippen LogP contribution in [0.2, 0.25) is 0 Å². The van der Waals surface area contributed by atoms with Crippen molar-refractivity contribution in [3.63, 3.8) is 0 Å². The van der Waals surface area contributed by atoms with Crippen LogP contribution in [0.5, 0.6) is 0 Å². The zero-order valence-corrected chi connectivity index (χ0v) is 39.4. The molecule has 0 amide bonds. The molecule has 0 aromatic carbocycles. The standard InChI is InChI=1S/C52H85O9P/c1-3-5-7-9-11-13-15-17-19-21-23-25-26-28-30-32-34-36-38-40-42-44-52(55)61-51(49-60-62(56,57)59-47-50(54)46-53)48-58-45-43-41-39-37-35-33-31-29-27-24-22-20-18-16-14-12-10-8-6-4-2/h5-8,11-14,17-20,23-25,27-28,30,34,36,50-51,53-54H,3-4,9-10,15-16,21-22,26,29,31-33,35,37-49H2,1-2H3,(H,56,57)/b7-5-,8-6-,13-11-,14-12-,19-17-,20-18-,25-23-,27-24-,30-28-,36-34-. The predicted molar refractivity (Wildman–Crippen MR) is 260 cm³/mol. The number of phosphoric ester groups is 1. The highest BCUT2D eigenvalue weighted by atomic mass is 31.2. The van der Waals surface area contributed by atoms with Gasteiger partial charge >= 0.3 is 13.8 Å². The third-order valence-electron chi connectivity index (χ3n) is 9.14. The molecule has 0 aromatic heterocycles. The van der Waals surface area contributed by atoms with Crippen LogP contribution < -0.4 is 0 Å². The van der Waals surface area contributed by atoms with Gasteiger partial charge in [0.2, 0.25) is 0 Å². The van der Waals surface area contributed by atoms with Crippen LogP contribution in [-0.2, 0) is 27.9 Å². The molecule has 3 unspecified atom stereocenters. The number of rotatable bonds is 43. The molecule has 9 nitrogen and oxygen atoms in total. The molecule has 0 saturated carbocycles. The van der Waals surface area contributed by atoms with E-state index >= 15 is 0 Å². The Balaban J connectivity index is 4.28. The van der Waals surface area contributed by atoms with Crippen molar-refractivity contribution in [2.45, 2.75) is 167 Å². The SMILES string of the molecule is CC/C=C\C/C=C\C/C=C\C/C=C\C/C=C\C/C=C\CCCCC(=O)OC(COCCCCCCCCC/C=C\C/C=C\C/C=C\C/C=C\CC)COP(=O)(O)OCC(O)CO. The molecule has 0 saturated heterocycles. The van der Waals surface area contributed by atoms with Gasteiger partial charge in [0.1, 0.15) is 12.2 Å². The van der Waals surface area contributed by atoms with Crippen molar-refractivity contribution in [1.29, 1.82) is 0 Å². The predicted octanol–water partition coefficient (Wildman–Crippen LogP) is 13.6. The smallest absolute Gasteiger partial charge is 0.457 e. The van der Waals surface area contributed by atoms with Crippen LogP contribution in [0.15, 0.2) is 122 Å². The third-order valence-corrected chi connectivity index (χ3v) is 10.1. The van der Waals surface area contributed by atoms with E-state index in [9.17, 15) is 19.4 Å². The van der Waals surface area contributed by atoms with E-state index in [2.05, 4.69) is 135 Å². The van der Waals surface area contributed by atoms with Crippen molar-refractivity contribution >= 4 is 13.8 Å². The lowest BCUT2D eigenvalue weighted by Gasteiger charge is -2.20. The van der Waals surface area contributed by atoms with Crippen LogP contribution in [-0.4, -0.2) is 66.3 Å². The van der Waals surface area contributed by atoms with Gasteiger partial charge in [0.15, 0.2) is 0 Å². The highest BCUT2D eigenvalue weighted by molar-refractivity contribution is 7.47. The first-order valence-corrected chi connectivity index (χ1v) is 25.0. The number of ether oxygens (including phenoxy) is 2. The molecule has 352 valence electrons. The summed E-state index contributed by atoms with van der Waals surface area (Å²) in [5.41, 5.74) is 0. The van der Waals surface area contributed by atoms with Crippen molar-refractivity contribution in [2.24, 2.45) is 0 Å². The molecule has 3 N–H and O–H groups in total. The van der Waals surface area contributed by atoms with Gasteiger partial charge in [-0.3, -0.25) is 13.8 Å². The molecule has 0 bridgehead atoms. The number of allylic oxidation sites excluding steroid dienone is 20. The first kappa shape index (κ1) is 58.9. The van der Waals surface area contributed by atoms with Gasteiger partial charge < -0.3 is 24.6 Å². The molecule has 10 heteroatoms. The van der Waals surface area contributed by atoms with E-state index in [0.29, 0.717) is 13.0 Å². The first-order chi connectivity index (χ1) is 30.3. The van der Waals surface area contributed by atoms with Gasteiger partial charge in [-0.2, -0.15) is 0 Å². The van der Waals surface area contributed by atoms with Crippen molar-refractivity contribution in [1.82, 2.24) is 0 Å². The molecular weight excluding hydrogens is 800 g/mol. The minimum Gasteiger partial charge on any atom is -0.457 e. The molecule has 0 aromatic rings. The second-order valence-electron chi connectivity index (χ2n) is 15.0. The zero-order valence-electron chi connectivity index (χ0n) is 38.5. The minimum absolute atomic E-state index is 0.0147. The number of hydrogen-bond donors (Lipinski definition) is 3. The molecule has 0 aliphatic rings. The maximum Gasteiger partial charge on any atom is 0.472 e. The highest BCUT2D eigenvalue weighted by Gasteiger charge is 2.26. The Bertz CT molecular complexity index is 1370. The van der Waals surface area contributed by atoms with Crippen molar-refractivity contribution in [3.05, 3.63) is 122 Å². The van der Waals surface area contributed by atoms with Gasteiger partial charge in [-0.1, -0.05) is 167 Å². The number of aliphatic hydroxyl groups is 2. The summed E-state index contributed by atoms with van der Waals surface area (Å²) in [6.07, 6.45) is 63.0. The lowest BCUT2D eigenvalue weighted by atomic mass is 10.1. The Hall–Kier alpha value is -3.14. The fraction of sp³-hybridized carbons (Fsp3) is 0.596. The number of carbonyl (C=O) groups excluding carboxylic acids is 1. The van der Waals surface area contributed by atoms with E-state index in [1.165, 1.54) is 25.7 Å². The summed E-state index contributed by atoms with van der Waals surface area (Å²) in [4.78, 5) is 22.6. The monoisotopic (exact) mass is 885 g/mol. The molecule has 0 radical (unpaired) electrons. The normalized spacial score (nSPS) is 15.0. The Morgan fingerprint density at radius 1 is 0.500 bits per heavy atom. The van der Waals surface area contributed by atoms with Gasteiger partial charge in [-0.05, 0) is 103 Å². The van der Waals surface area contributed by atoms with Gasteiger partial charge in [-0.25, -0.2) is 4.57 Å². The second kappa shape index (κ2) is 47.3. The maximum atomic E-state index is 12.6. The van der Waals surface area contributed by atoms with Gasteiger partial charge in [-0.15, -0.1) is 0 Å². The second-order valence-corrected chi connectivity index (χ2v) is 16.5. The fourth-order valence-electron chi connectivity index (χ4n) is 5.64. The number of aliphatic hydroxyl groups excluding tert-OH is 2. The first-order valence-electron chi connectivity index (χ1n) is 23.5. The summed E-state index contributed by atoms with van der Waals surface area (Å²) in [5.74, 6) is -0.434. The van der Waals surface area contributed by atoms with Gasteiger partial charge in [0.05, 0.1) is 26.4 Å². The summed E-state index contributed by atoms with van der Waals surface area (Å²) in [5, 5.41) is 18.4. The molecular formula is C52H85O9P. The van der Waals surface area contributed by atoms with Crippen molar-refractivity contribution in [3.8, 4) is 0 Å². The highest BCUT2D eigenvalue weighted by Crippen LogP contribution is 2.43. The molecule has 0 aliphatic carbocycles. The fourth-order valence-corrected chi connectivity index (χ4v) is 6.43. The third kappa shape index (κ3) is 46.4. The van der Waals surface area contributed by atoms with Crippen molar-refractivity contribution < 1.29 is 43.0 Å². The molecule has 0 spiro atoms. The topological polar surface area (TPSA) is 132 Å². The summed E-state index contributed by atoms with van der Waals surface area (Å²) in [6.45, 7) is 3.17. The van der Waals surface area contributed by atoms with E-state index in [4.69, 9.17) is 23.6 Å². The number of carbonyl (C=O) groups is 1. The molecule has 62 heavy (non-hydrogen) atoms. The Labute approximate surface area is 377 Å². The summed E-state index contributed by atoms with van der Waals surface area (Å²) < 4.78 is 33.4. The van der Waals surface area contributed by atoms with E-state index < -0.39 is 45.8 Å². The summed E-state index contributed by atoms with van der Waals surface area (Å²) in [7, 11) is -4.55. The van der Waals surface area contributed by atoms with Gasteiger partial charge in [0.25, 0.3) is 0 Å². The van der Waals surface area contributed by atoms with Crippen LogP contribution in [0, 0.1) is 0 Å². The zero-order chi connectivity index (χ0) is 45.3. The van der Waals surface area contributed by atoms with Gasteiger partial charge in [0, 0.05) is 13.0 Å². The number of esters is 1.